The Hall–Kier alpha value is -3.10. The number of nitrogens with zero attached hydrogens (tertiary/aromatic N) is 2. The van der Waals surface area contributed by atoms with Crippen molar-refractivity contribution in [3.8, 4) is 17.0 Å². The van der Waals surface area contributed by atoms with Gasteiger partial charge in [0.25, 0.3) is 5.56 Å². The molecule has 0 spiro atoms. The van der Waals surface area contributed by atoms with Crippen LogP contribution < -0.4 is 5.56 Å². The van der Waals surface area contributed by atoms with Crippen LogP contribution in [0.1, 0.15) is 41.4 Å². The molecule has 1 aromatic carbocycles. The lowest BCUT2D eigenvalue weighted by Crippen LogP contribution is -2.38. The maximum absolute atomic E-state index is 12.3. The molecule has 8 heteroatoms. The van der Waals surface area contributed by atoms with E-state index in [2.05, 4.69) is 20.5 Å². The summed E-state index contributed by atoms with van der Waals surface area (Å²) in [6.07, 6.45) is 1.92. The van der Waals surface area contributed by atoms with E-state index in [4.69, 9.17) is 0 Å². The van der Waals surface area contributed by atoms with E-state index in [1.54, 1.807) is 6.92 Å². The molecule has 2 aromatic heterocycles. The topological polar surface area (TPSA) is 119 Å². The number of aromatic carboxylic acids is 1. The van der Waals surface area contributed by atoms with Gasteiger partial charge in [0.2, 0.25) is 0 Å². The zero-order valence-corrected chi connectivity index (χ0v) is 17.7. The molecule has 0 radical (unpaired) electrons. The Kier molecular flexibility index (Phi) is 5.60. The highest BCUT2D eigenvalue weighted by Gasteiger charge is 2.23. The van der Waals surface area contributed by atoms with Crippen LogP contribution in [0.15, 0.2) is 29.1 Å². The Bertz CT molecular complexity index is 1210. The number of carboxylic acids is 1. The van der Waals surface area contributed by atoms with Gasteiger partial charge in [0, 0.05) is 42.3 Å². The van der Waals surface area contributed by atoms with Crippen LogP contribution in [0.5, 0.6) is 5.75 Å². The van der Waals surface area contributed by atoms with Crippen molar-refractivity contribution in [3.05, 3.63) is 51.4 Å². The number of aryl methyl sites for hydroxylation is 1. The number of carboxylic acid groups (broad SMARTS) is 1. The third kappa shape index (κ3) is 3.84. The summed E-state index contributed by atoms with van der Waals surface area (Å²) in [5, 5.41) is 30.6. The normalized spacial score (nSPS) is 17.3. The molecule has 3 aromatic rings. The molecular weight excluding hydrogens is 398 g/mol. The Morgan fingerprint density at radius 2 is 2.06 bits per heavy atom. The van der Waals surface area contributed by atoms with Crippen LogP contribution in [0.25, 0.3) is 22.2 Å². The molecule has 0 amide bonds. The molecule has 0 aliphatic carbocycles. The van der Waals surface area contributed by atoms with Crippen LogP contribution >= 0.6 is 0 Å². The zero-order chi connectivity index (χ0) is 22.3. The number of hydrogen-bond acceptors (Lipinski definition) is 5. The molecule has 0 bridgehead atoms. The molecular formula is C23H27N3O5. The minimum absolute atomic E-state index is 0.277. The highest BCUT2D eigenvalue weighted by molar-refractivity contribution is 5.92. The Labute approximate surface area is 179 Å². The molecule has 8 nitrogen and oxygen atoms in total. The van der Waals surface area contributed by atoms with Gasteiger partial charge in [-0.1, -0.05) is 13.0 Å². The van der Waals surface area contributed by atoms with E-state index in [0.29, 0.717) is 29.8 Å². The number of nitrogens with one attached hydrogen (secondary N) is 1. The molecule has 0 saturated carbocycles. The molecule has 1 atom stereocenters. The van der Waals surface area contributed by atoms with Gasteiger partial charge in [-0.25, -0.2) is 4.79 Å². The number of aliphatic hydroxyl groups excluding tert-OH is 1. The first-order chi connectivity index (χ1) is 14.8. The number of pyridine rings is 1. The van der Waals surface area contributed by atoms with Gasteiger partial charge in [0.1, 0.15) is 5.75 Å². The van der Waals surface area contributed by atoms with Crippen LogP contribution in [0.4, 0.5) is 0 Å². The molecule has 4 N–H and O–H groups in total. The minimum atomic E-state index is -1.45. The van der Waals surface area contributed by atoms with E-state index >= 15 is 0 Å². The van der Waals surface area contributed by atoms with Crippen LogP contribution in [-0.4, -0.2) is 54.9 Å². The first-order valence-electron chi connectivity index (χ1n) is 10.5. The van der Waals surface area contributed by atoms with E-state index in [0.717, 1.165) is 42.5 Å². The largest absolute Gasteiger partial charge is 0.506 e. The van der Waals surface area contributed by atoms with Gasteiger partial charge in [-0.3, -0.25) is 9.69 Å². The summed E-state index contributed by atoms with van der Waals surface area (Å²) in [4.78, 5) is 28.5. The van der Waals surface area contributed by atoms with E-state index in [-0.39, 0.29) is 6.10 Å². The second-order valence-corrected chi connectivity index (χ2v) is 8.19. The van der Waals surface area contributed by atoms with Gasteiger partial charge < -0.3 is 24.9 Å². The number of aromatic amines is 1. The summed E-state index contributed by atoms with van der Waals surface area (Å²) < 4.78 is 2.12. The molecule has 1 aliphatic heterocycles. The summed E-state index contributed by atoms with van der Waals surface area (Å²) in [7, 11) is 2.00. The standard InChI is InChI=1S/C23H27N3O5/c1-3-17-20(24-22(29)19(21(17)28)23(30)31)13-6-7-18-14(9-13)10-15(25(18)2)11-26-8-4-5-16(27)12-26/h6-7,9-10,16,27H,3-5,8,11-12H2,1-2H3,(H,30,31)(H2,24,28,29). The smallest absolute Gasteiger partial charge is 0.345 e. The second-order valence-electron chi connectivity index (χ2n) is 8.19. The number of piperidine rings is 1. The predicted molar refractivity (Wildman–Crippen MR) is 117 cm³/mol. The summed E-state index contributed by atoms with van der Waals surface area (Å²) in [5.74, 6) is -1.93. The van der Waals surface area contributed by atoms with Crippen molar-refractivity contribution in [2.75, 3.05) is 13.1 Å². The second kappa shape index (κ2) is 8.20. The van der Waals surface area contributed by atoms with E-state index < -0.39 is 22.8 Å². The lowest BCUT2D eigenvalue weighted by atomic mass is 9.99. The molecule has 1 fully saturated rings. The Balaban J connectivity index is 1.75. The lowest BCUT2D eigenvalue weighted by molar-refractivity contribution is 0.0657. The van der Waals surface area contributed by atoms with Gasteiger partial charge in [0.15, 0.2) is 5.56 Å². The summed E-state index contributed by atoms with van der Waals surface area (Å²) in [6.45, 7) is 4.17. The van der Waals surface area contributed by atoms with E-state index in [1.165, 1.54) is 0 Å². The van der Waals surface area contributed by atoms with Crippen molar-refractivity contribution in [3.63, 3.8) is 0 Å². The number of benzene rings is 1. The van der Waals surface area contributed by atoms with Crippen molar-refractivity contribution in [1.29, 1.82) is 0 Å². The van der Waals surface area contributed by atoms with Crippen molar-refractivity contribution in [2.45, 2.75) is 38.8 Å². The number of likely N-dealkylation sites (tertiary alicyclic amines) is 1. The fraction of sp³-hybridized carbons (Fsp3) is 0.391. The van der Waals surface area contributed by atoms with Gasteiger partial charge in [-0.15, -0.1) is 0 Å². The predicted octanol–water partition coefficient (Wildman–Crippen LogP) is 2.46. The number of H-pyrrole nitrogens is 1. The minimum Gasteiger partial charge on any atom is -0.506 e. The van der Waals surface area contributed by atoms with Gasteiger partial charge in [-0.2, -0.15) is 0 Å². The van der Waals surface area contributed by atoms with Gasteiger partial charge >= 0.3 is 5.97 Å². The maximum atomic E-state index is 12.3. The highest BCUT2D eigenvalue weighted by Crippen LogP contribution is 2.32. The molecule has 4 rings (SSSR count). The molecule has 164 valence electrons. The van der Waals surface area contributed by atoms with Crippen LogP contribution in [-0.2, 0) is 20.0 Å². The summed E-state index contributed by atoms with van der Waals surface area (Å²) in [5.41, 5.74) is 2.23. The van der Waals surface area contributed by atoms with Crippen LogP contribution in [0, 0.1) is 0 Å². The SMILES string of the molecule is CCc1c(-c2ccc3c(c2)cc(CN2CCCC(O)C2)n3C)[nH]c(=O)c(C(=O)O)c1O. The third-order valence-corrected chi connectivity index (χ3v) is 6.15. The number of hydrogen-bond donors (Lipinski definition) is 4. The van der Waals surface area contributed by atoms with Gasteiger partial charge in [0.05, 0.1) is 11.8 Å². The average Bonchev–Trinajstić information content (AvgIpc) is 3.02. The van der Waals surface area contributed by atoms with Crippen LogP contribution in [0.3, 0.4) is 0 Å². The number of β-amino-alcohol motifs (C(OH)–C–C–N with tert-alkyl or cyclic N) is 1. The molecule has 3 heterocycles. The zero-order valence-electron chi connectivity index (χ0n) is 17.7. The Morgan fingerprint density at radius 1 is 1.29 bits per heavy atom. The number of aliphatic hydroxyl groups is 1. The fourth-order valence-electron chi connectivity index (χ4n) is 4.54. The highest BCUT2D eigenvalue weighted by atomic mass is 16.4. The molecule has 1 saturated heterocycles. The third-order valence-electron chi connectivity index (χ3n) is 6.15. The monoisotopic (exact) mass is 425 g/mol. The average molecular weight is 425 g/mol. The van der Waals surface area contributed by atoms with Crippen molar-refractivity contribution in [1.82, 2.24) is 14.5 Å². The van der Waals surface area contributed by atoms with Crippen molar-refractivity contribution >= 4 is 16.9 Å². The van der Waals surface area contributed by atoms with E-state index in [9.17, 15) is 24.9 Å². The number of rotatable bonds is 5. The van der Waals surface area contributed by atoms with Gasteiger partial charge in [-0.05, 0) is 49.6 Å². The first kappa shape index (κ1) is 21.1. The number of carbonyl (C=O) groups is 1. The number of aromatic nitrogens is 2. The molecule has 31 heavy (non-hydrogen) atoms. The Morgan fingerprint density at radius 3 is 2.74 bits per heavy atom. The van der Waals surface area contributed by atoms with Crippen molar-refractivity contribution in [2.24, 2.45) is 7.05 Å². The maximum Gasteiger partial charge on any atom is 0.345 e. The first-order valence-corrected chi connectivity index (χ1v) is 10.5. The fourth-order valence-corrected chi connectivity index (χ4v) is 4.54. The number of aromatic hydroxyl groups is 1. The van der Waals surface area contributed by atoms with Crippen molar-refractivity contribution < 1.29 is 20.1 Å². The van der Waals surface area contributed by atoms with Crippen LogP contribution in [0.2, 0.25) is 0 Å². The lowest BCUT2D eigenvalue weighted by Gasteiger charge is -2.29. The number of fused-ring (bicyclic) bond motifs is 1. The summed E-state index contributed by atoms with van der Waals surface area (Å²) >= 11 is 0. The van der Waals surface area contributed by atoms with E-state index in [1.807, 2.05) is 25.2 Å². The summed E-state index contributed by atoms with van der Waals surface area (Å²) in [6, 6.07) is 7.85. The quantitative estimate of drug-likeness (QED) is 0.499. The molecule has 1 aliphatic rings. The molecule has 1 unspecified atom stereocenters.